The molecule has 1 aliphatic heterocycles. The molecule has 2 aromatic rings. The van der Waals surface area contributed by atoms with Gasteiger partial charge in [0.1, 0.15) is 5.82 Å². The summed E-state index contributed by atoms with van der Waals surface area (Å²) in [5, 5.41) is 7.96. The van der Waals surface area contributed by atoms with Gasteiger partial charge in [0.05, 0.1) is 17.1 Å². The molecule has 0 spiro atoms. The van der Waals surface area contributed by atoms with E-state index in [2.05, 4.69) is 35.0 Å². The average molecular weight is 259 g/mol. The molecule has 0 saturated carbocycles. The van der Waals surface area contributed by atoms with E-state index in [-0.39, 0.29) is 0 Å². The van der Waals surface area contributed by atoms with Gasteiger partial charge < -0.3 is 5.32 Å². The van der Waals surface area contributed by atoms with Crippen LogP contribution in [0.1, 0.15) is 36.8 Å². The Bertz CT molecular complexity index is 593. The summed E-state index contributed by atoms with van der Waals surface area (Å²) in [5.74, 6) is 1.15. The van der Waals surface area contributed by atoms with E-state index < -0.39 is 0 Å². The molecule has 0 unspecified atom stereocenters. The minimum Gasteiger partial charge on any atom is -0.311 e. The molecule has 3 rings (SSSR count). The molecule has 102 valence electrons. The van der Waals surface area contributed by atoms with Gasteiger partial charge in [0.2, 0.25) is 0 Å². The van der Waals surface area contributed by atoms with Crippen LogP contribution in [0.4, 0.5) is 0 Å². The summed E-state index contributed by atoms with van der Waals surface area (Å²) in [7, 11) is 1.99. The van der Waals surface area contributed by atoms with Crippen molar-refractivity contribution < 1.29 is 0 Å². The van der Waals surface area contributed by atoms with Gasteiger partial charge in [-0.15, -0.1) is 0 Å². The predicted molar refractivity (Wildman–Crippen MR) is 74.5 cm³/mol. The van der Waals surface area contributed by atoms with Crippen molar-refractivity contribution >= 4 is 0 Å². The van der Waals surface area contributed by atoms with Crippen molar-refractivity contribution in [2.24, 2.45) is 7.05 Å². The third-order valence-corrected chi connectivity index (χ3v) is 3.73. The van der Waals surface area contributed by atoms with Crippen LogP contribution in [-0.4, -0.2) is 25.9 Å². The van der Waals surface area contributed by atoms with E-state index >= 15 is 0 Å². The molecule has 3 heterocycles. The van der Waals surface area contributed by atoms with Gasteiger partial charge in [-0.3, -0.25) is 9.25 Å². The number of imidazole rings is 1. The van der Waals surface area contributed by atoms with Crippen LogP contribution < -0.4 is 5.32 Å². The monoisotopic (exact) mass is 259 g/mol. The van der Waals surface area contributed by atoms with Gasteiger partial charge >= 0.3 is 0 Å². The molecule has 1 N–H and O–H groups in total. The summed E-state index contributed by atoms with van der Waals surface area (Å²) < 4.78 is 4.24. The molecule has 0 radical (unpaired) electrons. The SMILES string of the molecule is CCc1nn(C)cc1-n1c(CC)nc2c1CCNC2. The van der Waals surface area contributed by atoms with Crippen LogP contribution in [0.5, 0.6) is 0 Å². The normalized spacial score (nSPS) is 14.7. The summed E-state index contributed by atoms with van der Waals surface area (Å²) in [6.07, 6.45) is 5.05. The molecule has 0 bridgehead atoms. The first-order valence-corrected chi connectivity index (χ1v) is 7.07. The number of hydrogen-bond donors (Lipinski definition) is 1. The molecule has 19 heavy (non-hydrogen) atoms. The van der Waals surface area contributed by atoms with E-state index in [0.717, 1.165) is 43.9 Å². The standard InChI is InChI=1S/C14H21N5/c1-4-10-13(9-18(3)17-10)19-12-6-7-15-8-11(12)16-14(19)5-2/h9,15H,4-8H2,1-3H3. The molecule has 0 aromatic carbocycles. The van der Waals surface area contributed by atoms with Gasteiger partial charge in [-0.2, -0.15) is 5.10 Å². The molecule has 0 fully saturated rings. The van der Waals surface area contributed by atoms with E-state index in [0.29, 0.717) is 0 Å². The second kappa shape index (κ2) is 4.81. The lowest BCUT2D eigenvalue weighted by molar-refractivity contribution is 0.619. The lowest BCUT2D eigenvalue weighted by atomic mass is 10.1. The van der Waals surface area contributed by atoms with E-state index in [1.165, 1.54) is 17.1 Å². The molecular formula is C14H21N5. The summed E-state index contributed by atoms with van der Waals surface area (Å²) in [4.78, 5) is 4.79. The van der Waals surface area contributed by atoms with Crippen molar-refractivity contribution in [1.29, 1.82) is 0 Å². The Balaban J connectivity index is 2.20. The van der Waals surface area contributed by atoms with Crippen molar-refractivity contribution in [2.45, 2.75) is 39.7 Å². The zero-order chi connectivity index (χ0) is 13.4. The molecule has 5 heteroatoms. The Morgan fingerprint density at radius 3 is 2.89 bits per heavy atom. The average Bonchev–Trinajstić information content (AvgIpc) is 2.97. The first kappa shape index (κ1) is 12.4. The van der Waals surface area contributed by atoms with Crippen LogP contribution in [0.2, 0.25) is 0 Å². The number of fused-ring (bicyclic) bond motifs is 1. The summed E-state index contributed by atoms with van der Waals surface area (Å²) in [6, 6.07) is 0. The van der Waals surface area contributed by atoms with Crippen molar-refractivity contribution in [3.8, 4) is 5.69 Å². The molecule has 1 aliphatic rings. The largest absolute Gasteiger partial charge is 0.311 e. The van der Waals surface area contributed by atoms with Gasteiger partial charge in [-0.05, 0) is 6.42 Å². The number of rotatable bonds is 3. The molecule has 2 aromatic heterocycles. The van der Waals surface area contributed by atoms with Crippen LogP contribution in [0, 0.1) is 0 Å². The number of aryl methyl sites for hydroxylation is 3. The molecule has 0 aliphatic carbocycles. The minimum atomic E-state index is 0.886. The minimum absolute atomic E-state index is 0.886. The summed E-state index contributed by atoms with van der Waals surface area (Å²) in [6.45, 7) is 6.24. The lowest BCUT2D eigenvalue weighted by Crippen LogP contribution is -2.24. The zero-order valence-corrected chi connectivity index (χ0v) is 11.9. The number of nitrogens with one attached hydrogen (secondary N) is 1. The number of nitrogens with zero attached hydrogens (tertiary/aromatic N) is 4. The lowest BCUT2D eigenvalue weighted by Gasteiger charge is -2.15. The Labute approximate surface area is 113 Å². The maximum Gasteiger partial charge on any atom is 0.113 e. The van der Waals surface area contributed by atoms with Gasteiger partial charge in [0.25, 0.3) is 0 Å². The highest BCUT2D eigenvalue weighted by molar-refractivity contribution is 5.41. The fraction of sp³-hybridized carbons (Fsp3) is 0.571. The number of hydrogen-bond acceptors (Lipinski definition) is 3. The first-order chi connectivity index (χ1) is 9.24. The van der Waals surface area contributed by atoms with E-state index in [9.17, 15) is 0 Å². The predicted octanol–water partition coefficient (Wildman–Crippen LogP) is 1.38. The number of aromatic nitrogens is 4. The summed E-state index contributed by atoms with van der Waals surface area (Å²) >= 11 is 0. The van der Waals surface area contributed by atoms with Crippen LogP contribution in [0.3, 0.4) is 0 Å². The van der Waals surface area contributed by atoms with Crippen LogP contribution in [0.15, 0.2) is 6.20 Å². The van der Waals surface area contributed by atoms with Crippen LogP contribution in [-0.2, 0) is 32.9 Å². The Morgan fingerprint density at radius 1 is 1.32 bits per heavy atom. The van der Waals surface area contributed by atoms with Crippen LogP contribution >= 0.6 is 0 Å². The zero-order valence-electron chi connectivity index (χ0n) is 11.9. The maximum absolute atomic E-state index is 4.79. The van der Waals surface area contributed by atoms with E-state index in [1.54, 1.807) is 0 Å². The quantitative estimate of drug-likeness (QED) is 0.906. The molecule has 0 amide bonds. The molecular weight excluding hydrogens is 238 g/mol. The second-order valence-electron chi connectivity index (χ2n) is 5.03. The Morgan fingerprint density at radius 2 is 2.16 bits per heavy atom. The topological polar surface area (TPSA) is 47.7 Å². The van der Waals surface area contributed by atoms with Crippen molar-refractivity contribution in [3.05, 3.63) is 29.1 Å². The van der Waals surface area contributed by atoms with Gasteiger partial charge in [-0.1, -0.05) is 13.8 Å². The highest BCUT2D eigenvalue weighted by Crippen LogP contribution is 2.24. The third kappa shape index (κ3) is 1.98. The van der Waals surface area contributed by atoms with E-state index in [1.807, 2.05) is 11.7 Å². The fourth-order valence-corrected chi connectivity index (χ4v) is 2.85. The van der Waals surface area contributed by atoms with Gasteiger partial charge in [0.15, 0.2) is 0 Å². The third-order valence-electron chi connectivity index (χ3n) is 3.73. The summed E-state index contributed by atoms with van der Waals surface area (Å²) in [5.41, 5.74) is 4.92. The second-order valence-corrected chi connectivity index (χ2v) is 5.03. The van der Waals surface area contributed by atoms with Crippen molar-refractivity contribution in [2.75, 3.05) is 6.54 Å². The van der Waals surface area contributed by atoms with Crippen LogP contribution in [0.25, 0.3) is 5.69 Å². The first-order valence-electron chi connectivity index (χ1n) is 7.07. The molecule has 0 saturated heterocycles. The van der Waals surface area contributed by atoms with Gasteiger partial charge in [-0.25, -0.2) is 4.98 Å². The van der Waals surface area contributed by atoms with Crippen molar-refractivity contribution in [1.82, 2.24) is 24.6 Å². The van der Waals surface area contributed by atoms with Crippen molar-refractivity contribution in [3.63, 3.8) is 0 Å². The molecule has 0 atom stereocenters. The smallest absolute Gasteiger partial charge is 0.113 e. The van der Waals surface area contributed by atoms with E-state index in [4.69, 9.17) is 4.98 Å². The highest BCUT2D eigenvalue weighted by atomic mass is 15.3. The highest BCUT2D eigenvalue weighted by Gasteiger charge is 2.22. The fourth-order valence-electron chi connectivity index (χ4n) is 2.85. The maximum atomic E-state index is 4.79. The van der Waals surface area contributed by atoms with Gasteiger partial charge in [0, 0.05) is 44.9 Å². The Kier molecular flexibility index (Phi) is 3.14. The Hall–Kier alpha value is -1.62. The molecule has 5 nitrogen and oxygen atoms in total.